The smallest absolute Gasteiger partial charge is 0.322 e. The summed E-state index contributed by atoms with van der Waals surface area (Å²) in [6.45, 7) is 2.26. The van der Waals surface area contributed by atoms with E-state index in [1.165, 1.54) is 12.1 Å². The highest BCUT2D eigenvalue weighted by atomic mass is 79.9. The molecule has 0 saturated carbocycles. The number of hydrogen-bond donors (Lipinski definition) is 0. The Labute approximate surface area is 144 Å². The van der Waals surface area contributed by atoms with Crippen LogP contribution < -0.4 is 0 Å². The third-order valence-corrected chi connectivity index (χ3v) is 3.75. The molecule has 4 nitrogen and oxygen atoms in total. The number of hydrogen-bond acceptors (Lipinski definition) is 3. The first kappa shape index (κ1) is 16.6. The van der Waals surface area contributed by atoms with Crippen LogP contribution in [0, 0.1) is 6.92 Å². The van der Waals surface area contributed by atoms with E-state index in [9.17, 15) is 13.2 Å². The summed E-state index contributed by atoms with van der Waals surface area (Å²) in [4.78, 5) is 12.8. The molecule has 0 unspecified atom stereocenters. The number of alkyl halides is 3. The van der Waals surface area contributed by atoms with Crippen LogP contribution in [0.4, 0.5) is 13.2 Å². The Hall–Kier alpha value is -2.22. The molecule has 0 fully saturated rings. The van der Waals surface area contributed by atoms with Gasteiger partial charge in [0.1, 0.15) is 16.3 Å². The molecule has 0 aliphatic heterocycles. The van der Waals surface area contributed by atoms with Crippen molar-refractivity contribution in [3.8, 4) is 11.4 Å². The zero-order chi connectivity index (χ0) is 17.3. The van der Waals surface area contributed by atoms with Crippen LogP contribution in [0.2, 0.25) is 0 Å². The summed E-state index contributed by atoms with van der Waals surface area (Å²) in [5, 5.41) is 0. The summed E-state index contributed by atoms with van der Waals surface area (Å²) in [6, 6.07) is 4.91. The van der Waals surface area contributed by atoms with Gasteiger partial charge in [0.25, 0.3) is 0 Å². The summed E-state index contributed by atoms with van der Waals surface area (Å²) in [5.74, 6) is 1.14. The molecular weight excluding hydrogens is 385 g/mol. The van der Waals surface area contributed by atoms with Gasteiger partial charge in [0.2, 0.25) is 0 Å². The SMILES string of the molecule is Cc1cnc(Cn2cc(Br)nc2-c2ccc(C(F)(F)F)cc2)nc1. The molecule has 2 heterocycles. The zero-order valence-corrected chi connectivity index (χ0v) is 14.1. The Morgan fingerprint density at radius 1 is 1.08 bits per heavy atom. The minimum atomic E-state index is -4.36. The first-order valence-electron chi connectivity index (χ1n) is 7.01. The molecule has 0 atom stereocenters. The first-order valence-corrected chi connectivity index (χ1v) is 7.80. The first-order chi connectivity index (χ1) is 11.3. The van der Waals surface area contributed by atoms with Crippen LogP contribution in [0.25, 0.3) is 11.4 Å². The highest BCUT2D eigenvalue weighted by molar-refractivity contribution is 9.10. The van der Waals surface area contributed by atoms with E-state index < -0.39 is 11.7 Å². The molecule has 124 valence electrons. The average molecular weight is 397 g/mol. The number of nitrogens with zero attached hydrogens (tertiary/aromatic N) is 4. The highest BCUT2D eigenvalue weighted by Crippen LogP contribution is 2.31. The number of rotatable bonds is 3. The molecule has 0 radical (unpaired) electrons. The van der Waals surface area contributed by atoms with Crippen molar-refractivity contribution in [1.29, 1.82) is 0 Å². The maximum Gasteiger partial charge on any atom is 0.416 e. The fraction of sp³-hybridized carbons (Fsp3) is 0.188. The molecule has 0 amide bonds. The van der Waals surface area contributed by atoms with Crippen molar-refractivity contribution in [2.24, 2.45) is 0 Å². The van der Waals surface area contributed by atoms with Crippen molar-refractivity contribution in [3.05, 3.63) is 64.4 Å². The quantitative estimate of drug-likeness (QED) is 0.655. The van der Waals surface area contributed by atoms with Gasteiger partial charge in [-0.15, -0.1) is 0 Å². The fourth-order valence-electron chi connectivity index (χ4n) is 2.20. The Bertz CT molecular complexity index is 839. The van der Waals surface area contributed by atoms with Gasteiger partial charge in [0.15, 0.2) is 0 Å². The van der Waals surface area contributed by atoms with Crippen LogP contribution in [0.1, 0.15) is 17.0 Å². The second-order valence-corrected chi connectivity index (χ2v) is 6.08. The lowest BCUT2D eigenvalue weighted by atomic mass is 10.1. The summed E-state index contributed by atoms with van der Waals surface area (Å²) in [7, 11) is 0. The fourth-order valence-corrected chi connectivity index (χ4v) is 2.61. The van der Waals surface area contributed by atoms with E-state index in [2.05, 4.69) is 30.9 Å². The Morgan fingerprint density at radius 3 is 2.29 bits per heavy atom. The maximum atomic E-state index is 12.7. The van der Waals surface area contributed by atoms with Crippen molar-refractivity contribution < 1.29 is 13.2 Å². The average Bonchev–Trinajstić information content (AvgIpc) is 2.89. The van der Waals surface area contributed by atoms with E-state index >= 15 is 0 Å². The van der Waals surface area contributed by atoms with Crippen LogP contribution >= 0.6 is 15.9 Å². The number of aromatic nitrogens is 4. The van der Waals surface area contributed by atoms with E-state index in [1.54, 1.807) is 23.2 Å². The van der Waals surface area contributed by atoms with Gasteiger partial charge in [-0.1, -0.05) is 12.1 Å². The van der Waals surface area contributed by atoms with Crippen LogP contribution in [0.15, 0.2) is 47.5 Å². The van der Waals surface area contributed by atoms with Crippen molar-refractivity contribution >= 4 is 15.9 Å². The monoisotopic (exact) mass is 396 g/mol. The molecule has 8 heteroatoms. The zero-order valence-electron chi connectivity index (χ0n) is 12.5. The van der Waals surface area contributed by atoms with Gasteiger partial charge in [-0.2, -0.15) is 13.2 Å². The van der Waals surface area contributed by atoms with E-state index in [0.717, 1.165) is 17.7 Å². The minimum Gasteiger partial charge on any atom is -0.322 e. The molecule has 0 aliphatic carbocycles. The molecular formula is C16H12BrF3N4. The summed E-state index contributed by atoms with van der Waals surface area (Å²) < 4.78 is 40.4. The van der Waals surface area contributed by atoms with E-state index in [4.69, 9.17) is 0 Å². The second-order valence-electron chi connectivity index (χ2n) is 5.27. The summed E-state index contributed by atoms with van der Waals surface area (Å²) >= 11 is 3.30. The molecule has 0 spiro atoms. The largest absolute Gasteiger partial charge is 0.416 e. The molecule has 0 N–H and O–H groups in total. The van der Waals surface area contributed by atoms with Crippen molar-refractivity contribution in [2.75, 3.05) is 0 Å². The number of benzene rings is 1. The van der Waals surface area contributed by atoms with E-state index in [-0.39, 0.29) is 0 Å². The van der Waals surface area contributed by atoms with Crippen molar-refractivity contribution in [1.82, 2.24) is 19.5 Å². The van der Waals surface area contributed by atoms with Crippen molar-refractivity contribution in [3.63, 3.8) is 0 Å². The number of aryl methyl sites for hydroxylation is 1. The molecule has 24 heavy (non-hydrogen) atoms. The van der Waals surface area contributed by atoms with Gasteiger partial charge in [-0.3, -0.25) is 0 Å². The molecule has 3 aromatic rings. The third kappa shape index (κ3) is 3.64. The van der Waals surface area contributed by atoms with E-state index in [0.29, 0.717) is 28.4 Å². The van der Waals surface area contributed by atoms with Crippen LogP contribution in [-0.4, -0.2) is 19.5 Å². The predicted octanol–water partition coefficient (Wildman–Crippen LogP) is 4.48. The normalized spacial score (nSPS) is 11.7. The molecule has 2 aromatic heterocycles. The summed E-state index contributed by atoms with van der Waals surface area (Å²) in [5.41, 5.74) is 0.847. The van der Waals surface area contributed by atoms with Gasteiger partial charge in [-0.05, 0) is 40.5 Å². The third-order valence-electron chi connectivity index (χ3n) is 3.36. The van der Waals surface area contributed by atoms with Crippen LogP contribution in [0.5, 0.6) is 0 Å². The lowest BCUT2D eigenvalue weighted by Crippen LogP contribution is -2.06. The lowest BCUT2D eigenvalue weighted by Gasteiger charge is -2.09. The number of halogens is 4. The molecule has 0 saturated heterocycles. The van der Waals surface area contributed by atoms with Gasteiger partial charge in [0.05, 0.1) is 12.1 Å². The maximum absolute atomic E-state index is 12.7. The molecule has 0 bridgehead atoms. The Balaban J connectivity index is 1.92. The second kappa shape index (κ2) is 6.35. The Morgan fingerprint density at radius 2 is 1.71 bits per heavy atom. The van der Waals surface area contributed by atoms with Crippen LogP contribution in [0.3, 0.4) is 0 Å². The predicted molar refractivity (Wildman–Crippen MR) is 86.2 cm³/mol. The number of imidazole rings is 1. The van der Waals surface area contributed by atoms with E-state index in [1.807, 2.05) is 6.92 Å². The standard InChI is InChI=1S/C16H12BrF3N4/c1-10-6-21-14(22-7-10)9-24-8-13(17)23-15(24)11-2-4-12(5-3-11)16(18,19)20/h2-8H,9H2,1H3. The Kier molecular flexibility index (Phi) is 4.40. The van der Waals surface area contributed by atoms with Gasteiger partial charge in [0, 0.05) is 24.2 Å². The van der Waals surface area contributed by atoms with Gasteiger partial charge >= 0.3 is 6.18 Å². The molecule has 1 aromatic carbocycles. The minimum absolute atomic E-state index is 0.370. The lowest BCUT2D eigenvalue weighted by molar-refractivity contribution is -0.137. The molecule has 0 aliphatic rings. The van der Waals surface area contributed by atoms with Crippen molar-refractivity contribution in [2.45, 2.75) is 19.6 Å². The van der Waals surface area contributed by atoms with Crippen LogP contribution in [-0.2, 0) is 12.7 Å². The van der Waals surface area contributed by atoms with Gasteiger partial charge in [-0.25, -0.2) is 15.0 Å². The topological polar surface area (TPSA) is 43.6 Å². The summed E-state index contributed by atoms with van der Waals surface area (Å²) in [6.07, 6.45) is 0.818. The van der Waals surface area contributed by atoms with Gasteiger partial charge < -0.3 is 4.57 Å². The highest BCUT2D eigenvalue weighted by Gasteiger charge is 2.30. The molecule has 3 rings (SSSR count).